The molecule has 4 atom stereocenters. The van der Waals surface area contributed by atoms with Crippen LogP contribution in [0.4, 0.5) is 45.8 Å². The molecule has 6 aromatic rings. The van der Waals surface area contributed by atoms with E-state index in [4.69, 9.17) is 9.97 Å². The van der Waals surface area contributed by atoms with Gasteiger partial charge in [0.25, 0.3) is 0 Å². The lowest BCUT2D eigenvalue weighted by Gasteiger charge is -2.60. The van der Waals surface area contributed by atoms with Crippen molar-refractivity contribution < 1.29 is 0 Å². The van der Waals surface area contributed by atoms with Crippen molar-refractivity contribution in [3.63, 3.8) is 0 Å². The highest BCUT2D eigenvalue weighted by Crippen LogP contribution is 2.66. The van der Waals surface area contributed by atoms with Crippen LogP contribution in [0.3, 0.4) is 0 Å². The summed E-state index contributed by atoms with van der Waals surface area (Å²) in [6.07, 6.45) is 7.77. The van der Waals surface area contributed by atoms with E-state index in [1.54, 1.807) is 0 Å². The van der Waals surface area contributed by atoms with Crippen molar-refractivity contribution >= 4 is 51.8 Å². The normalized spacial score (nSPS) is 22.2. The van der Waals surface area contributed by atoms with Gasteiger partial charge in [0.1, 0.15) is 12.3 Å². The molecule has 1 aromatic heterocycles. The highest BCUT2D eigenvalue weighted by molar-refractivity contribution is 5.91. The van der Waals surface area contributed by atoms with Crippen molar-refractivity contribution in [2.24, 2.45) is 5.41 Å². The predicted molar refractivity (Wildman–Crippen MR) is 234 cm³/mol. The van der Waals surface area contributed by atoms with Crippen LogP contribution in [0, 0.1) is 5.41 Å². The van der Waals surface area contributed by atoms with E-state index in [0.717, 1.165) is 60.0 Å². The van der Waals surface area contributed by atoms with Crippen LogP contribution in [0.25, 0.3) is 6.08 Å². The van der Waals surface area contributed by atoms with Crippen LogP contribution in [-0.2, 0) is 5.41 Å². The van der Waals surface area contributed by atoms with E-state index in [1.165, 1.54) is 28.3 Å². The highest BCUT2D eigenvalue weighted by Gasteiger charge is 2.62. The molecule has 6 heteroatoms. The number of aromatic nitrogens is 2. The van der Waals surface area contributed by atoms with Gasteiger partial charge in [-0.1, -0.05) is 132 Å². The second-order valence-corrected chi connectivity index (χ2v) is 16.1. The number of anilines is 8. The van der Waals surface area contributed by atoms with E-state index in [-0.39, 0.29) is 29.1 Å². The molecule has 3 aliphatic rings. The number of fused-ring (bicyclic) bond motifs is 6. The van der Waals surface area contributed by atoms with Crippen LogP contribution >= 0.6 is 0 Å². The van der Waals surface area contributed by atoms with Gasteiger partial charge in [0.15, 0.2) is 11.6 Å². The molecule has 0 bridgehead atoms. The molecule has 0 fully saturated rings. The van der Waals surface area contributed by atoms with Crippen molar-refractivity contribution in [3.05, 3.63) is 163 Å². The molecule has 0 aliphatic carbocycles. The molecular weight excluding hydrogens is 685 g/mol. The average molecular weight is 737 g/mol. The Morgan fingerprint density at radius 2 is 1.21 bits per heavy atom. The number of hydrogen-bond acceptors (Lipinski definition) is 6. The average Bonchev–Trinajstić information content (AvgIpc) is 3.77. The molecule has 3 aliphatic heterocycles. The molecule has 0 amide bonds. The standard InChI is InChI=1S/C50H52N6/c1-7-36-22-16-18-28-41(36)56-45(54(38-25-14-11-15-26-38)47-46(56)51-34-40(52-47)35(4)5)32-33-50(9-3)39-27-17-19-29-42(39)55-44-31-21-20-30-43(44)53(37-23-12-10-13-24-37)48(55)49(50,6)8-2/h7,10-31,34-35,45,48H,1,8-9,32-33H2,2-6H3. The van der Waals surface area contributed by atoms with Crippen molar-refractivity contribution in [2.45, 2.75) is 84.0 Å². The van der Waals surface area contributed by atoms with Gasteiger partial charge in [-0.15, -0.1) is 0 Å². The smallest absolute Gasteiger partial charge is 0.178 e. The fraction of sp³-hybridized carbons (Fsp3) is 0.280. The summed E-state index contributed by atoms with van der Waals surface area (Å²) in [5.41, 5.74) is 10.4. The summed E-state index contributed by atoms with van der Waals surface area (Å²) >= 11 is 0. The zero-order valence-corrected chi connectivity index (χ0v) is 33.3. The Morgan fingerprint density at radius 3 is 1.84 bits per heavy atom. The molecule has 6 nitrogen and oxygen atoms in total. The molecule has 282 valence electrons. The zero-order chi connectivity index (χ0) is 38.6. The second kappa shape index (κ2) is 14.0. The van der Waals surface area contributed by atoms with E-state index in [1.807, 2.05) is 12.3 Å². The molecule has 5 aromatic carbocycles. The topological polar surface area (TPSA) is 38.7 Å². The Labute approximate surface area is 332 Å². The maximum absolute atomic E-state index is 5.40. The lowest BCUT2D eigenvalue weighted by Crippen LogP contribution is -2.63. The van der Waals surface area contributed by atoms with Crippen LogP contribution in [0.2, 0.25) is 0 Å². The maximum Gasteiger partial charge on any atom is 0.178 e. The van der Waals surface area contributed by atoms with Crippen LogP contribution in [0.1, 0.15) is 83.0 Å². The molecule has 4 unspecified atom stereocenters. The molecule has 0 N–H and O–H groups in total. The van der Waals surface area contributed by atoms with Crippen molar-refractivity contribution in [1.29, 1.82) is 0 Å². The number of benzene rings is 5. The van der Waals surface area contributed by atoms with E-state index < -0.39 is 0 Å². The van der Waals surface area contributed by atoms with E-state index >= 15 is 0 Å². The van der Waals surface area contributed by atoms with Crippen molar-refractivity contribution in [1.82, 2.24) is 9.97 Å². The summed E-state index contributed by atoms with van der Waals surface area (Å²) in [6, 6.07) is 48.7. The molecule has 0 spiro atoms. The van der Waals surface area contributed by atoms with Crippen molar-refractivity contribution in [3.8, 4) is 0 Å². The Morgan fingerprint density at radius 1 is 0.643 bits per heavy atom. The molecule has 9 rings (SSSR count). The first-order valence-corrected chi connectivity index (χ1v) is 20.4. The van der Waals surface area contributed by atoms with Crippen molar-refractivity contribution in [2.75, 3.05) is 19.6 Å². The monoisotopic (exact) mass is 736 g/mol. The fourth-order valence-electron chi connectivity index (χ4n) is 10.4. The number of nitrogens with zero attached hydrogens (tertiary/aromatic N) is 6. The first-order chi connectivity index (χ1) is 27.4. The van der Waals surface area contributed by atoms with E-state index in [0.29, 0.717) is 0 Å². The molecule has 56 heavy (non-hydrogen) atoms. The first-order valence-electron chi connectivity index (χ1n) is 20.4. The van der Waals surface area contributed by atoms with Gasteiger partial charge >= 0.3 is 0 Å². The largest absolute Gasteiger partial charge is 0.318 e. The Bertz CT molecular complexity index is 2380. The third-order valence-corrected chi connectivity index (χ3v) is 13.3. The van der Waals surface area contributed by atoms with Crippen LogP contribution < -0.4 is 19.6 Å². The summed E-state index contributed by atoms with van der Waals surface area (Å²) in [5, 5.41) is 0. The fourth-order valence-corrected chi connectivity index (χ4v) is 10.4. The van der Waals surface area contributed by atoms with Gasteiger partial charge in [0.2, 0.25) is 0 Å². The Hall–Kier alpha value is -5.88. The quantitative estimate of drug-likeness (QED) is 0.139. The van der Waals surface area contributed by atoms with Gasteiger partial charge in [-0.05, 0) is 91.3 Å². The minimum atomic E-state index is -0.181. The predicted octanol–water partition coefficient (Wildman–Crippen LogP) is 13.0. The molecular formula is C50H52N6. The molecule has 0 saturated heterocycles. The van der Waals surface area contributed by atoms with Gasteiger partial charge in [0, 0.05) is 27.9 Å². The first kappa shape index (κ1) is 35.8. The summed E-state index contributed by atoms with van der Waals surface area (Å²) in [7, 11) is 0. The number of rotatable bonds is 10. The van der Waals surface area contributed by atoms with Gasteiger partial charge in [0.05, 0.1) is 29.0 Å². The van der Waals surface area contributed by atoms with Gasteiger partial charge in [-0.2, -0.15) is 0 Å². The lowest BCUT2D eigenvalue weighted by atomic mass is 9.52. The van der Waals surface area contributed by atoms with Gasteiger partial charge in [-0.25, -0.2) is 9.97 Å². The van der Waals surface area contributed by atoms with Gasteiger partial charge in [-0.3, -0.25) is 0 Å². The number of hydrogen-bond donors (Lipinski definition) is 0. The molecule has 4 heterocycles. The summed E-state index contributed by atoms with van der Waals surface area (Å²) in [6.45, 7) is 16.1. The van der Waals surface area contributed by atoms with Crippen LogP contribution in [0.5, 0.6) is 0 Å². The van der Waals surface area contributed by atoms with Crippen LogP contribution in [0.15, 0.2) is 146 Å². The number of para-hydroxylation sites is 6. The van der Waals surface area contributed by atoms with Gasteiger partial charge < -0.3 is 19.6 Å². The maximum atomic E-state index is 5.40. The Balaban J connectivity index is 1.24. The molecule has 0 saturated carbocycles. The van der Waals surface area contributed by atoms with E-state index in [2.05, 4.69) is 194 Å². The summed E-state index contributed by atoms with van der Waals surface area (Å²) in [4.78, 5) is 20.8. The molecule has 0 radical (unpaired) electrons. The third-order valence-electron chi connectivity index (χ3n) is 13.3. The lowest BCUT2D eigenvalue weighted by molar-refractivity contribution is 0.0700. The highest BCUT2D eigenvalue weighted by atomic mass is 15.5. The minimum Gasteiger partial charge on any atom is -0.318 e. The SMILES string of the molecule is C=Cc1ccccc1N1c2ncc(C(C)C)nc2N(c2ccccc2)C1CCC1(CC)c2ccccc2N2c3ccccc3N(c3ccccc3)C2C1(C)CC. The Kier molecular flexibility index (Phi) is 8.95. The minimum absolute atomic E-state index is 0.0719. The van der Waals surface area contributed by atoms with E-state index in [9.17, 15) is 0 Å². The zero-order valence-electron chi connectivity index (χ0n) is 33.3. The third kappa shape index (κ3) is 5.22. The summed E-state index contributed by atoms with van der Waals surface area (Å²) in [5.74, 6) is 2.04. The summed E-state index contributed by atoms with van der Waals surface area (Å²) < 4.78 is 0. The second-order valence-electron chi connectivity index (χ2n) is 16.1. The van der Waals surface area contributed by atoms with Crippen LogP contribution in [-0.4, -0.2) is 22.3 Å².